The highest BCUT2D eigenvalue weighted by molar-refractivity contribution is 7.86. The number of carbonyl (C=O) groups is 2. The minimum absolute atomic E-state index is 0.0655. The summed E-state index contributed by atoms with van der Waals surface area (Å²) in [5.74, 6) is -5.14. The normalized spacial score (nSPS) is 11.7. The molecule has 1 aromatic heterocycles. The fraction of sp³-hybridized carbons (Fsp3) is 0.108. The van der Waals surface area contributed by atoms with Gasteiger partial charge in [-0.3, -0.25) is 13.7 Å². The predicted octanol–water partition coefficient (Wildman–Crippen LogP) is 4.28. The van der Waals surface area contributed by atoms with Crippen molar-refractivity contribution in [3.8, 4) is 5.75 Å². The predicted molar refractivity (Wildman–Crippen MR) is 231 cm³/mol. The number of hydrogen-bond donors (Lipinski definition) is 9. The summed E-state index contributed by atoms with van der Waals surface area (Å²) in [4.78, 5) is 34.2. The van der Waals surface area contributed by atoms with E-state index in [0.29, 0.717) is 5.69 Å². The zero-order chi connectivity index (χ0) is 48.6. The first kappa shape index (κ1) is 49.5. The zero-order valence-electron chi connectivity index (χ0n) is 33.0. The van der Waals surface area contributed by atoms with Crippen LogP contribution in [-0.2, 0) is 53.9 Å². The van der Waals surface area contributed by atoms with Crippen LogP contribution in [-0.4, -0.2) is 106 Å². The third-order valence-electron chi connectivity index (χ3n) is 8.61. The number of phenols is 1. The maximum absolute atomic E-state index is 12.6. The standard InChI is InChI=1S/C37H32N8O14S3.O3S/c46-33-31-22(7-4-8-26(31)39-19-20-5-2-1-3-6-20)17-29(62(57,58)59)32(33)45-44-27-18-25(9-10-28(27)61(54,55)56)40-37-42-30(41-36(43-37)38-11-12-60(51,52)53)15-21-13-23(34(47)48)16-24(14-21)35(49)50;1-4(2)3/h1-10,13-14,16-18,39,46H,11-12,15,19H2,(H,47,48)(H,49,50)(H,51,52,53)(H,54,55,56)(H,57,58,59)(H2,38,40,41,42,43);. The van der Waals surface area contributed by atoms with E-state index in [0.717, 1.165) is 35.9 Å². The van der Waals surface area contributed by atoms with Crippen LogP contribution < -0.4 is 16.0 Å². The van der Waals surface area contributed by atoms with Crippen molar-refractivity contribution < 1.29 is 76.4 Å². The molecule has 0 saturated carbocycles. The number of aromatic carboxylic acids is 2. The molecule has 0 bridgehead atoms. The Morgan fingerprint density at radius 1 is 0.667 bits per heavy atom. The number of fused-ring (bicyclic) bond motifs is 1. The van der Waals surface area contributed by atoms with Crippen LogP contribution in [0, 0.1) is 0 Å². The lowest BCUT2D eigenvalue weighted by molar-refractivity contribution is 0.0696. The second-order valence-electron chi connectivity index (χ2n) is 13.3. The maximum atomic E-state index is 12.6. The Labute approximate surface area is 374 Å². The van der Waals surface area contributed by atoms with E-state index in [1.165, 1.54) is 18.2 Å². The van der Waals surface area contributed by atoms with Gasteiger partial charge in [0, 0.05) is 36.3 Å². The number of phenolic OH excluding ortho intramolecular Hbond substituents is 1. The van der Waals surface area contributed by atoms with E-state index >= 15 is 0 Å². The molecule has 0 aliphatic rings. The minimum Gasteiger partial charge on any atom is -0.505 e. The molecule has 5 aromatic carbocycles. The molecule has 9 N–H and O–H groups in total. The van der Waals surface area contributed by atoms with Gasteiger partial charge in [0.15, 0.2) is 5.75 Å². The second-order valence-corrected chi connectivity index (χ2v) is 18.1. The van der Waals surface area contributed by atoms with Gasteiger partial charge in [0.1, 0.15) is 27.0 Å². The van der Waals surface area contributed by atoms with Crippen LogP contribution in [0.3, 0.4) is 0 Å². The Bertz CT molecular complexity index is 3320. The van der Waals surface area contributed by atoms with Crippen LogP contribution >= 0.6 is 0 Å². The highest BCUT2D eigenvalue weighted by atomic mass is 32.2. The van der Waals surface area contributed by atoms with Crippen molar-refractivity contribution in [1.29, 1.82) is 0 Å². The molecule has 6 rings (SSSR count). The summed E-state index contributed by atoms with van der Waals surface area (Å²) in [6.45, 7) is -0.132. The number of carboxylic acid groups (broad SMARTS) is 2. The van der Waals surface area contributed by atoms with Crippen LogP contribution in [0.1, 0.15) is 37.7 Å². The van der Waals surface area contributed by atoms with Crippen molar-refractivity contribution in [3.05, 3.63) is 119 Å². The van der Waals surface area contributed by atoms with Crippen molar-refractivity contribution in [1.82, 2.24) is 15.0 Å². The Morgan fingerprint density at radius 2 is 1.29 bits per heavy atom. The molecule has 0 unspecified atom stereocenters. The first-order chi connectivity index (χ1) is 30.9. The number of benzene rings is 5. The molecule has 0 spiro atoms. The van der Waals surface area contributed by atoms with Gasteiger partial charge in [-0.05, 0) is 65.0 Å². The number of aromatic nitrogens is 3. The molecule has 29 heteroatoms. The van der Waals surface area contributed by atoms with E-state index < -0.39 is 92.1 Å². The maximum Gasteiger partial charge on any atom is 0.425 e. The summed E-state index contributed by atoms with van der Waals surface area (Å²) in [5, 5.41) is 46.9. The zero-order valence-corrected chi connectivity index (χ0v) is 36.3. The number of nitrogens with zero attached hydrogens (tertiary/aromatic N) is 5. The second kappa shape index (κ2) is 20.5. The van der Waals surface area contributed by atoms with Gasteiger partial charge in [0.05, 0.1) is 16.9 Å². The molecule has 0 saturated heterocycles. The Morgan fingerprint density at radius 3 is 1.88 bits per heavy atom. The van der Waals surface area contributed by atoms with E-state index in [9.17, 15) is 63.8 Å². The van der Waals surface area contributed by atoms with E-state index in [-0.39, 0.29) is 63.8 Å². The molecule has 0 fully saturated rings. The van der Waals surface area contributed by atoms with Crippen molar-refractivity contribution in [2.24, 2.45) is 10.2 Å². The van der Waals surface area contributed by atoms with Gasteiger partial charge in [-0.2, -0.15) is 40.2 Å². The highest BCUT2D eigenvalue weighted by Crippen LogP contribution is 2.45. The molecule has 0 radical (unpaired) electrons. The molecule has 0 atom stereocenters. The molecule has 0 amide bonds. The molecule has 0 aliphatic heterocycles. The van der Waals surface area contributed by atoms with Crippen LogP contribution in [0.25, 0.3) is 10.8 Å². The van der Waals surface area contributed by atoms with Gasteiger partial charge in [-0.15, -0.1) is 22.9 Å². The summed E-state index contributed by atoms with van der Waals surface area (Å²) in [6, 6.07) is 21.1. The molecule has 6 aromatic rings. The smallest absolute Gasteiger partial charge is 0.425 e. The molecular formula is C37H32N8O17S4. The molecule has 66 heavy (non-hydrogen) atoms. The number of hydrogen-bond acceptors (Lipinski definition) is 20. The molecule has 1 heterocycles. The van der Waals surface area contributed by atoms with Gasteiger partial charge in [0.25, 0.3) is 30.4 Å². The van der Waals surface area contributed by atoms with Gasteiger partial charge in [-0.1, -0.05) is 42.5 Å². The number of aromatic hydroxyl groups is 1. The fourth-order valence-corrected chi connectivity index (χ4v) is 7.53. The van der Waals surface area contributed by atoms with Gasteiger partial charge in [-0.25, -0.2) is 9.59 Å². The Hall–Kier alpha value is -7.54. The number of nitrogens with one attached hydrogen (secondary N) is 3. The highest BCUT2D eigenvalue weighted by Gasteiger charge is 2.25. The van der Waals surface area contributed by atoms with E-state index in [1.54, 1.807) is 12.1 Å². The monoisotopic (exact) mass is 988 g/mol. The van der Waals surface area contributed by atoms with E-state index in [1.807, 2.05) is 30.3 Å². The van der Waals surface area contributed by atoms with Crippen LogP contribution in [0.4, 0.5) is 34.6 Å². The number of carboxylic acids is 2. The minimum atomic E-state index is -5.11. The molecular weight excluding hydrogens is 957 g/mol. The SMILES string of the molecule is O=C(O)c1cc(Cc2nc(NCCS(=O)(=O)O)nc(Nc3ccc(S(=O)(=O)O)c(N=Nc4c(S(=O)(=O)O)cc5cccc(NCc6ccccc6)c5c4O)c3)n2)cc(C(=O)O)c1.O=S(=O)=O. The topological polar surface area (TPSA) is 409 Å². The van der Waals surface area contributed by atoms with Crippen LogP contribution in [0.2, 0.25) is 0 Å². The Kier molecular flexibility index (Phi) is 15.4. The number of anilines is 4. The van der Waals surface area contributed by atoms with Crippen molar-refractivity contribution in [3.63, 3.8) is 0 Å². The average molecular weight is 989 g/mol. The fourth-order valence-electron chi connectivity index (χ4n) is 5.91. The lowest BCUT2D eigenvalue weighted by atomic mass is 10.0. The number of azo groups is 1. The lowest BCUT2D eigenvalue weighted by Crippen LogP contribution is -2.17. The summed E-state index contributed by atoms with van der Waals surface area (Å²) < 4.78 is 127. The molecule has 25 nitrogen and oxygen atoms in total. The van der Waals surface area contributed by atoms with Crippen molar-refractivity contribution >= 4 is 98.3 Å². The van der Waals surface area contributed by atoms with Crippen molar-refractivity contribution in [2.75, 3.05) is 28.2 Å². The van der Waals surface area contributed by atoms with Gasteiger partial charge >= 0.3 is 22.5 Å². The summed E-state index contributed by atoms with van der Waals surface area (Å²) in [6.07, 6.45) is -0.304. The van der Waals surface area contributed by atoms with Crippen LogP contribution in [0.5, 0.6) is 5.75 Å². The summed E-state index contributed by atoms with van der Waals surface area (Å²) >= 11 is 0. The Balaban J connectivity index is 0.00000196. The van der Waals surface area contributed by atoms with E-state index in [4.69, 9.17) is 12.6 Å². The average Bonchev–Trinajstić information content (AvgIpc) is 3.21. The molecule has 346 valence electrons. The first-order valence-electron chi connectivity index (χ1n) is 18.0. The van der Waals surface area contributed by atoms with Crippen molar-refractivity contribution in [2.45, 2.75) is 22.8 Å². The quantitative estimate of drug-likeness (QED) is 0.0455. The third-order valence-corrected chi connectivity index (χ3v) is 11.1. The first-order valence-corrected chi connectivity index (χ1v) is 23.5. The third kappa shape index (κ3) is 13.7. The molecule has 0 aliphatic carbocycles. The van der Waals surface area contributed by atoms with Gasteiger partial charge in [0.2, 0.25) is 11.9 Å². The lowest BCUT2D eigenvalue weighted by Gasteiger charge is -2.14. The largest absolute Gasteiger partial charge is 0.505 e. The summed E-state index contributed by atoms with van der Waals surface area (Å²) in [5.41, 5.74) is -0.909. The summed E-state index contributed by atoms with van der Waals surface area (Å²) in [7, 11) is -17.7. The van der Waals surface area contributed by atoms with E-state index in [2.05, 4.69) is 41.1 Å². The van der Waals surface area contributed by atoms with Gasteiger partial charge < -0.3 is 31.3 Å². The van der Waals surface area contributed by atoms with Crippen LogP contribution in [0.15, 0.2) is 111 Å². The number of rotatable bonds is 17.